The van der Waals surface area contributed by atoms with Crippen LogP contribution in [0.1, 0.15) is 24.5 Å². The van der Waals surface area contributed by atoms with E-state index in [1.165, 1.54) is 0 Å². The predicted octanol–water partition coefficient (Wildman–Crippen LogP) is 4.53. The molecular formula is C20H19Cl2NO4. The van der Waals surface area contributed by atoms with Gasteiger partial charge in [-0.2, -0.15) is 0 Å². The van der Waals surface area contributed by atoms with Crippen molar-refractivity contribution < 1.29 is 19.0 Å². The number of nitrogens with zero attached hydrogens (tertiary/aromatic N) is 1. The number of hydrogen-bond acceptors (Lipinski definition) is 4. The van der Waals surface area contributed by atoms with Gasteiger partial charge in [0.05, 0.1) is 47.7 Å². The Hall–Kier alpha value is -1.79. The van der Waals surface area contributed by atoms with Gasteiger partial charge in [-0.1, -0.05) is 41.4 Å². The summed E-state index contributed by atoms with van der Waals surface area (Å²) in [5, 5.41) is 0.816. The summed E-state index contributed by atoms with van der Waals surface area (Å²) in [4.78, 5) is 15.0. The van der Waals surface area contributed by atoms with Gasteiger partial charge in [-0.3, -0.25) is 4.79 Å². The highest BCUT2D eigenvalue weighted by Gasteiger charge is 2.57. The summed E-state index contributed by atoms with van der Waals surface area (Å²) in [6.45, 7) is 3.55. The maximum atomic E-state index is 13.4. The quantitative estimate of drug-likeness (QED) is 0.746. The maximum Gasteiger partial charge on any atom is 0.292 e. The Labute approximate surface area is 167 Å². The van der Waals surface area contributed by atoms with Crippen LogP contribution in [0.5, 0.6) is 5.75 Å². The molecular weight excluding hydrogens is 389 g/mol. The number of hydrogen-bond donors (Lipinski definition) is 0. The number of carbonyl (C=O) groups excluding carboxylic acids is 1. The molecule has 5 nitrogen and oxygen atoms in total. The fraction of sp³-hybridized carbons (Fsp3) is 0.350. The molecule has 142 valence electrons. The summed E-state index contributed by atoms with van der Waals surface area (Å²) >= 11 is 12.9. The average Bonchev–Trinajstić information content (AvgIpc) is 2.91. The van der Waals surface area contributed by atoms with Crippen LogP contribution in [0.3, 0.4) is 0 Å². The molecule has 2 aromatic rings. The summed E-state index contributed by atoms with van der Waals surface area (Å²) in [6, 6.07) is 10.9. The van der Waals surface area contributed by atoms with Gasteiger partial charge in [0.15, 0.2) is 0 Å². The first-order chi connectivity index (χ1) is 13.1. The Morgan fingerprint density at radius 2 is 1.81 bits per heavy atom. The third-order valence-electron chi connectivity index (χ3n) is 4.70. The van der Waals surface area contributed by atoms with Crippen molar-refractivity contribution in [3.8, 4) is 5.75 Å². The normalized spacial score (nSPS) is 18.0. The van der Waals surface area contributed by atoms with Crippen molar-refractivity contribution in [2.75, 3.05) is 24.7 Å². The number of amides is 1. The minimum Gasteiger partial charge on any atom is -0.494 e. The first-order valence-corrected chi connectivity index (χ1v) is 9.63. The zero-order valence-electron chi connectivity index (χ0n) is 14.8. The number of ether oxygens (including phenoxy) is 3. The smallest absolute Gasteiger partial charge is 0.292 e. The molecule has 1 saturated heterocycles. The number of fused-ring (bicyclic) bond motifs is 2. The van der Waals surface area contributed by atoms with E-state index in [0.717, 1.165) is 17.7 Å². The van der Waals surface area contributed by atoms with Gasteiger partial charge < -0.3 is 19.1 Å². The molecule has 7 heteroatoms. The van der Waals surface area contributed by atoms with Crippen LogP contribution >= 0.6 is 23.2 Å². The third-order valence-corrected chi connectivity index (χ3v) is 5.32. The zero-order chi connectivity index (χ0) is 19.0. The molecule has 2 aliphatic rings. The molecule has 27 heavy (non-hydrogen) atoms. The lowest BCUT2D eigenvalue weighted by molar-refractivity contribution is -0.256. The van der Waals surface area contributed by atoms with E-state index in [2.05, 4.69) is 0 Å². The standard InChI is InChI=1S/C20H19Cl2NO4/c1-2-25-16-7-4-3-6-13(16)12-23-18-15(22)9-8-14(21)17(18)20(19(23)24)26-10-5-11-27-20/h3-4,6-9H,2,5,10-12H2,1H3. The van der Waals surface area contributed by atoms with Crippen molar-refractivity contribution in [3.63, 3.8) is 0 Å². The van der Waals surface area contributed by atoms with Crippen LogP contribution in [0.25, 0.3) is 0 Å². The molecule has 0 N–H and O–H groups in total. The SMILES string of the molecule is CCOc1ccccc1CN1C(=O)C2(OCCCO2)c2c(Cl)ccc(Cl)c21. The number of rotatable bonds is 4. The highest BCUT2D eigenvalue weighted by atomic mass is 35.5. The summed E-state index contributed by atoms with van der Waals surface area (Å²) < 4.78 is 17.4. The van der Waals surface area contributed by atoms with Crippen molar-refractivity contribution in [1.82, 2.24) is 0 Å². The Morgan fingerprint density at radius 3 is 2.56 bits per heavy atom. The van der Waals surface area contributed by atoms with Crippen LogP contribution in [-0.2, 0) is 26.6 Å². The molecule has 0 radical (unpaired) electrons. The molecule has 1 spiro atoms. The molecule has 2 aromatic carbocycles. The summed E-state index contributed by atoms with van der Waals surface area (Å²) in [7, 11) is 0. The predicted molar refractivity (Wildman–Crippen MR) is 103 cm³/mol. The van der Waals surface area contributed by atoms with E-state index < -0.39 is 5.79 Å². The minimum atomic E-state index is -1.53. The fourth-order valence-corrected chi connectivity index (χ4v) is 4.09. The van der Waals surface area contributed by atoms with Crippen molar-refractivity contribution in [3.05, 3.63) is 57.6 Å². The van der Waals surface area contributed by atoms with Crippen molar-refractivity contribution >= 4 is 34.8 Å². The number of carbonyl (C=O) groups is 1. The van der Waals surface area contributed by atoms with Gasteiger partial charge in [-0.05, 0) is 31.5 Å². The summed E-state index contributed by atoms with van der Waals surface area (Å²) in [5.41, 5.74) is 1.88. The number of halogens is 2. The lowest BCUT2D eigenvalue weighted by Crippen LogP contribution is -2.47. The van der Waals surface area contributed by atoms with Gasteiger partial charge in [-0.25, -0.2) is 0 Å². The third kappa shape index (κ3) is 2.99. The van der Waals surface area contributed by atoms with Gasteiger partial charge in [0.1, 0.15) is 5.75 Å². The van der Waals surface area contributed by atoms with Crippen molar-refractivity contribution in [2.45, 2.75) is 25.7 Å². The largest absolute Gasteiger partial charge is 0.494 e. The van der Waals surface area contributed by atoms with Gasteiger partial charge >= 0.3 is 0 Å². The Morgan fingerprint density at radius 1 is 1.11 bits per heavy atom. The van der Waals surface area contributed by atoms with Crippen molar-refractivity contribution in [1.29, 1.82) is 0 Å². The number of benzene rings is 2. The molecule has 0 saturated carbocycles. The summed E-state index contributed by atoms with van der Waals surface area (Å²) in [5.74, 6) is -1.13. The molecule has 0 unspecified atom stereocenters. The van der Waals surface area contributed by atoms with Gasteiger partial charge in [0, 0.05) is 5.56 Å². The molecule has 4 rings (SSSR count). The molecule has 0 aromatic heterocycles. The maximum absolute atomic E-state index is 13.4. The van der Waals surface area contributed by atoms with Crippen LogP contribution in [0.15, 0.2) is 36.4 Å². The van der Waals surface area contributed by atoms with Gasteiger partial charge in [0.2, 0.25) is 0 Å². The molecule has 0 aliphatic carbocycles. The van der Waals surface area contributed by atoms with E-state index >= 15 is 0 Å². The molecule has 1 amide bonds. The van der Waals surface area contributed by atoms with E-state index in [4.69, 9.17) is 37.4 Å². The van der Waals surface area contributed by atoms with Gasteiger partial charge in [-0.15, -0.1) is 0 Å². The molecule has 1 fully saturated rings. The highest BCUT2D eigenvalue weighted by Crippen LogP contribution is 2.51. The van der Waals surface area contributed by atoms with E-state index in [0.29, 0.717) is 41.1 Å². The Kier molecular flexibility index (Phi) is 5.03. The second-order valence-corrected chi connectivity index (χ2v) is 7.17. The van der Waals surface area contributed by atoms with Gasteiger partial charge in [0.25, 0.3) is 11.7 Å². The number of para-hydroxylation sites is 1. The number of anilines is 1. The fourth-order valence-electron chi connectivity index (χ4n) is 3.56. The average molecular weight is 408 g/mol. The first-order valence-electron chi connectivity index (χ1n) is 8.87. The van der Waals surface area contributed by atoms with Crippen molar-refractivity contribution in [2.24, 2.45) is 0 Å². The summed E-state index contributed by atoms with van der Waals surface area (Å²) in [6.07, 6.45) is 0.718. The molecule has 2 heterocycles. The minimum absolute atomic E-state index is 0.274. The van der Waals surface area contributed by atoms with Crippen LogP contribution in [0.4, 0.5) is 5.69 Å². The van der Waals surface area contributed by atoms with Crippen LogP contribution in [-0.4, -0.2) is 25.7 Å². The monoisotopic (exact) mass is 407 g/mol. The first kappa shape index (κ1) is 18.6. The van der Waals surface area contributed by atoms with Crippen LogP contribution < -0.4 is 9.64 Å². The van der Waals surface area contributed by atoms with Crippen LogP contribution in [0, 0.1) is 0 Å². The second kappa shape index (κ2) is 7.32. The van der Waals surface area contributed by atoms with E-state index in [1.54, 1.807) is 17.0 Å². The molecule has 0 atom stereocenters. The highest BCUT2D eigenvalue weighted by molar-refractivity contribution is 6.38. The van der Waals surface area contributed by atoms with E-state index in [-0.39, 0.29) is 12.5 Å². The Balaban J connectivity index is 1.82. The molecule has 0 bridgehead atoms. The Bertz CT molecular complexity index is 880. The molecule has 2 aliphatic heterocycles. The lowest BCUT2D eigenvalue weighted by Gasteiger charge is -2.32. The van der Waals surface area contributed by atoms with E-state index in [1.807, 2.05) is 31.2 Å². The lowest BCUT2D eigenvalue weighted by atomic mass is 10.1. The van der Waals surface area contributed by atoms with Crippen LogP contribution in [0.2, 0.25) is 10.0 Å². The zero-order valence-corrected chi connectivity index (χ0v) is 16.3. The van der Waals surface area contributed by atoms with E-state index in [9.17, 15) is 4.79 Å². The topological polar surface area (TPSA) is 48.0 Å². The second-order valence-electron chi connectivity index (χ2n) is 6.35.